The van der Waals surface area contributed by atoms with Crippen molar-refractivity contribution in [1.29, 1.82) is 0 Å². The lowest BCUT2D eigenvalue weighted by atomic mass is 9.95. The van der Waals surface area contributed by atoms with Gasteiger partial charge in [-0.15, -0.1) is 0 Å². The van der Waals surface area contributed by atoms with Crippen molar-refractivity contribution in [2.24, 2.45) is 5.92 Å². The van der Waals surface area contributed by atoms with Crippen molar-refractivity contribution in [3.05, 3.63) is 0 Å². The number of piperidine rings is 1. The van der Waals surface area contributed by atoms with Crippen molar-refractivity contribution in [3.8, 4) is 0 Å². The zero-order valence-corrected chi connectivity index (χ0v) is 12.0. The van der Waals surface area contributed by atoms with Crippen molar-refractivity contribution in [2.45, 2.75) is 38.3 Å². The molecular weight excluding hydrogens is 244 g/mol. The summed E-state index contributed by atoms with van der Waals surface area (Å²) >= 11 is 0. The second-order valence-electron chi connectivity index (χ2n) is 5.95. The van der Waals surface area contributed by atoms with Gasteiger partial charge in [0.25, 0.3) is 0 Å². The molecule has 0 aromatic rings. The van der Waals surface area contributed by atoms with Crippen LogP contribution in [0.3, 0.4) is 0 Å². The Bertz CT molecular complexity index is 303. The summed E-state index contributed by atoms with van der Waals surface area (Å²) in [4.78, 5) is 16.2. The summed E-state index contributed by atoms with van der Waals surface area (Å²) in [5.41, 5.74) is 0. The van der Waals surface area contributed by atoms with E-state index in [2.05, 4.69) is 9.80 Å². The van der Waals surface area contributed by atoms with Crippen LogP contribution in [-0.2, 0) is 9.53 Å². The number of esters is 1. The smallest absolute Gasteiger partial charge is 0.323 e. The summed E-state index contributed by atoms with van der Waals surface area (Å²) in [6.07, 6.45) is 3.19. The van der Waals surface area contributed by atoms with Crippen molar-refractivity contribution in [1.82, 2.24) is 9.80 Å². The molecule has 0 aromatic heterocycles. The standard InChI is InChI=1S/C14H26N2O3/c1-11-9-13(14(18)19-11)15(2)10-12-3-5-16(6-4-12)7-8-17/h11-13,17H,3-10H2,1-2H3/t11-,13-/m1/s1. The van der Waals surface area contributed by atoms with Crippen molar-refractivity contribution in [3.63, 3.8) is 0 Å². The van der Waals surface area contributed by atoms with E-state index in [1.165, 1.54) is 0 Å². The minimum atomic E-state index is -0.0623. The first-order valence-electron chi connectivity index (χ1n) is 7.34. The first-order valence-corrected chi connectivity index (χ1v) is 7.34. The topological polar surface area (TPSA) is 53.0 Å². The van der Waals surface area contributed by atoms with Gasteiger partial charge in [0.2, 0.25) is 0 Å². The fourth-order valence-corrected chi connectivity index (χ4v) is 3.16. The molecule has 0 bridgehead atoms. The molecule has 5 nitrogen and oxygen atoms in total. The first kappa shape index (κ1) is 14.8. The summed E-state index contributed by atoms with van der Waals surface area (Å²) < 4.78 is 5.22. The maximum Gasteiger partial charge on any atom is 0.323 e. The lowest BCUT2D eigenvalue weighted by Crippen LogP contribution is -2.42. The Morgan fingerprint density at radius 1 is 1.42 bits per heavy atom. The monoisotopic (exact) mass is 270 g/mol. The van der Waals surface area contributed by atoms with Gasteiger partial charge in [-0.25, -0.2) is 0 Å². The van der Waals surface area contributed by atoms with E-state index in [9.17, 15) is 4.79 Å². The zero-order valence-electron chi connectivity index (χ0n) is 12.0. The average Bonchev–Trinajstić information content (AvgIpc) is 2.71. The number of nitrogens with zero attached hydrogens (tertiary/aromatic N) is 2. The van der Waals surface area contributed by atoms with Gasteiger partial charge in [0.15, 0.2) is 0 Å². The molecule has 0 spiro atoms. The quantitative estimate of drug-likeness (QED) is 0.730. The van der Waals surface area contributed by atoms with E-state index < -0.39 is 0 Å². The predicted molar refractivity (Wildman–Crippen MR) is 72.8 cm³/mol. The third kappa shape index (κ3) is 3.91. The van der Waals surface area contributed by atoms with E-state index in [-0.39, 0.29) is 24.7 Å². The fourth-order valence-electron chi connectivity index (χ4n) is 3.16. The molecule has 2 aliphatic rings. The Balaban J connectivity index is 1.74. The maximum atomic E-state index is 11.7. The molecule has 2 atom stereocenters. The molecule has 0 saturated carbocycles. The van der Waals surface area contributed by atoms with E-state index in [4.69, 9.17) is 9.84 Å². The second kappa shape index (κ2) is 6.68. The highest BCUT2D eigenvalue weighted by molar-refractivity contribution is 5.77. The van der Waals surface area contributed by atoms with Crippen molar-refractivity contribution in [2.75, 3.05) is 39.8 Å². The van der Waals surface area contributed by atoms with Crippen LogP contribution in [0.15, 0.2) is 0 Å². The highest BCUT2D eigenvalue weighted by Crippen LogP contribution is 2.23. The molecule has 0 radical (unpaired) electrons. The van der Waals surface area contributed by atoms with E-state index in [1.807, 2.05) is 14.0 Å². The van der Waals surface area contributed by atoms with Crippen LogP contribution in [0.5, 0.6) is 0 Å². The van der Waals surface area contributed by atoms with Gasteiger partial charge in [-0.1, -0.05) is 0 Å². The summed E-state index contributed by atoms with van der Waals surface area (Å²) in [6.45, 7) is 6.08. The Morgan fingerprint density at radius 2 is 2.11 bits per heavy atom. The van der Waals surface area contributed by atoms with Gasteiger partial charge in [-0.2, -0.15) is 0 Å². The second-order valence-corrected chi connectivity index (χ2v) is 5.95. The molecule has 2 saturated heterocycles. The number of β-amino-alcohol motifs (C(OH)–C–C–N with tert-alkyl or cyclic N) is 1. The number of carbonyl (C=O) groups is 1. The van der Waals surface area contributed by atoms with Gasteiger partial charge in [0, 0.05) is 19.5 Å². The number of aliphatic hydroxyl groups is 1. The fraction of sp³-hybridized carbons (Fsp3) is 0.929. The molecule has 1 N–H and O–H groups in total. The first-order chi connectivity index (χ1) is 9.10. The number of cyclic esters (lactones) is 1. The molecule has 0 aliphatic carbocycles. The summed E-state index contributed by atoms with van der Waals surface area (Å²) in [7, 11) is 2.03. The van der Waals surface area contributed by atoms with Crippen molar-refractivity contribution >= 4 is 5.97 Å². The van der Waals surface area contributed by atoms with E-state index in [0.717, 1.165) is 45.4 Å². The number of ether oxygens (including phenoxy) is 1. The lowest BCUT2D eigenvalue weighted by molar-refractivity contribution is -0.144. The van der Waals surface area contributed by atoms with E-state index in [1.54, 1.807) is 0 Å². The molecular formula is C14H26N2O3. The largest absolute Gasteiger partial charge is 0.461 e. The Labute approximate surface area is 115 Å². The number of likely N-dealkylation sites (N-methyl/N-ethyl adjacent to an activating group) is 1. The zero-order chi connectivity index (χ0) is 13.8. The van der Waals surface area contributed by atoms with Crippen LogP contribution >= 0.6 is 0 Å². The molecule has 19 heavy (non-hydrogen) atoms. The van der Waals surface area contributed by atoms with E-state index in [0.29, 0.717) is 5.92 Å². The third-order valence-electron chi connectivity index (χ3n) is 4.35. The van der Waals surface area contributed by atoms with Crippen LogP contribution in [0.1, 0.15) is 26.2 Å². The number of carbonyl (C=O) groups excluding carboxylic acids is 1. The maximum absolute atomic E-state index is 11.7. The van der Waals surface area contributed by atoms with Crippen LogP contribution in [0.25, 0.3) is 0 Å². The van der Waals surface area contributed by atoms with E-state index >= 15 is 0 Å². The number of rotatable bonds is 5. The van der Waals surface area contributed by atoms with Gasteiger partial charge in [-0.05, 0) is 45.8 Å². The van der Waals surface area contributed by atoms with Crippen LogP contribution in [0, 0.1) is 5.92 Å². The van der Waals surface area contributed by atoms with Crippen molar-refractivity contribution < 1.29 is 14.6 Å². The minimum absolute atomic E-state index is 0.0505. The molecule has 0 aromatic carbocycles. The molecule has 0 unspecified atom stereocenters. The highest BCUT2D eigenvalue weighted by atomic mass is 16.6. The van der Waals surface area contributed by atoms with Crippen LogP contribution in [-0.4, -0.2) is 72.9 Å². The molecule has 2 rings (SSSR count). The van der Waals surface area contributed by atoms with Crippen LogP contribution in [0.2, 0.25) is 0 Å². The van der Waals surface area contributed by atoms with Gasteiger partial charge in [-0.3, -0.25) is 9.69 Å². The molecule has 2 aliphatic heterocycles. The molecule has 2 heterocycles. The average molecular weight is 270 g/mol. The number of hydrogen-bond donors (Lipinski definition) is 1. The van der Waals surface area contributed by atoms with Gasteiger partial charge < -0.3 is 14.7 Å². The third-order valence-corrected chi connectivity index (χ3v) is 4.35. The van der Waals surface area contributed by atoms with Gasteiger partial charge in [0.1, 0.15) is 12.1 Å². The normalized spacial score (nSPS) is 30.0. The number of aliphatic hydroxyl groups excluding tert-OH is 1. The SMILES string of the molecule is C[C@@H]1C[C@@H](N(C)CC2CCN(CCO)CC2)C(=O)O1. The minimum Gasteiger partial charge on any atom is -0.461 e. The summed E-state index contributed by atoms with van der Waals surface area (Å²) in [5, 5.41) is 8.93. The Hall–Kier alpha value is -0.650. The number of likely N-dealkylation sites (tertiary alicyclic amines) is 1. The summed E-state index contributed by atoms with van der Waals surface area (Å²) in [6, 6.07) is -0.0505. The lowest BCUT2D eigenvalue weighted by Gasteiger charge is -2.34. The molecule has 110 valence electrons. The van der Waals surface area contributed by atoms with Crippen LogP contribution in [0.4, 0.5) is 0 Å². The molecule has 2 fully saturated rings. The van der Waals surface area contributed by atoms with Gasteiger partial charge >= 0.3 is 5.97 Å². The Morgan fingerprint density at radius 3 is 2.63 bits per heavy atom. The predicted octanol–water partition coefficient (Wildman–Crippen LogP) is 0.327. The Kier molecular flexibility index (Phi) is 5.19. The highest BCUT2D eigenvalue weighted by Gasteiger charge is 2.35. The summed E-state index contributed by atoms with van der Waals surface area (Å²) in [5.74, 6) is 0.594. The molecule has 5 heteroatoms. The number of hydrogen-bond acceptors (Lipinski definition) is 5. The van der Waals surface area contributed by atoms with Gasteiger partial charge in [0.05, 0.1) is 6.61 Å². The van der Waals surface area contributed by atoms with Crippen LogP contribution < -0.4 is 0 Å². The molecule has 0 amide bonds.